The van der Waals surface area contributed by atoms with Crippen molar-refractivity contribution in [3.05, 3.63) is 52.3 Å². The lowest BCUT2D eigenvalue weighted by Crippen LogP contribution is -2.39. The van der Waals surface area contributed by atoms with Gasteiger partial charge in [-0.05, 0) is 50.5 Å². The van der Waals surface area contributed by atoms with E-state index in [0.29, 0.717) is 44.2 Å². The van der Waals surface area contributed by atoms with Crippen molar-refractivity contribution in [3.63, 3.8) is 0 Å². The molecule has 28 heavy (non-hydrogen) atoms. The molecule has 0 saturated carbocycles. The number of nitrogens with zero attached hydrogens (tertiary/aromatic N) is 3. The van der Waals surface area contributed by atoms with E-state index in [1.54, 1.807) is 29.2 Å². The topological polar surface area (TPSA) is 45.7 Å². The summed E-state index contributed by atoms with van der Waals surface area (Å²) >= 11 is 13.2. The summed E-state index contributed by atoms with van der Waals surface area (Å²) in [5.41, 5.74) is 0.644. The highest BCUT2D eigenvalue weighted by molar-refractivity contribution is 7.22. The van der Waals surface area contributed by atoms with Crippen LogP contribution >= 0.6 is 34.5 Å². The number of likely N-dealkylation sites (N-methyl/N-ethyl adjacent to an activating group) is 1. The number of ether oxygens (including phenoxy) is 1. The van der Waals surface area contributed by atoms with Gasteiger partial charge in [-0.15, -0.1) is 0 Å². The number of amides is 1. The van der Waals surface area contributed by atoms with Gasteiger partial charge in [0.25, 0.3) is 5.91 Å². The van der Waals surface area contributed by atoms with Crippen LogP contribution in [-0.2, 0) is 4.79 Å². The maximum Gasteiger partial charge on any atom is 0.266 e. The number of aromatic nitrogens is 1. The Labute approximate surface area is 176 Å². The van der Waals surface area contributed by atoms with Crippen LogP contribution in [0.4, 0.5) is 9.52 Å². The molecule has 0 atom stereocenters. The van der Waals surface area contributed by atoms with Crippen LogP contribution in [0, 0.1) is 5.82 Å². The standard InChI is InChI=1S/C19H18Cl2FN3O2S/c1-24(2)7-8-25(19-23-15-5-4-13(22)10-17(15)28-19)18(26)11-27-16-6-3-12(20)9-14(16)21/h3-6,9-10H,7-8,11H2,1-2H3. The summed E-state index contributed by atoms with van der Waals surface area (Å²) in [7, 11) is 3.83. The Morgan fingerprint density at radius 3 is 2.68 bits per heavy atom. The molecular weight excluding hydrogens is 424 g/mol. The van der Waals surface area contributed by atoms with Crippen LogP contribution in [0.3, 0.4) is 0 Å². The van der Waals surface area contributed by atoms with Gasteiger partial charge in [-0.25, -0.2) is 9.37 Å². The van der Waals surface area contributed by atoms with Crippen molar-refractivity contribution in [2.75, 3.05) is 38.7 Å². The van der Waals surface area contributed by atoms with Gasteiger partial charge < -0.3 is 9.64 Å². The fourth-order valence-electron chi connectivity index (χ4n) is 2.44. The maximum absolute atomic E-state index is 13.5. The quantitative estimate of drug-likeness (QED) is 0.532. The van der Waals surface area contributed by atoms with Gasteiger partial charge in [0, 0.05) is 18.1 Å². The van der Waals surface area contributed by atoms with Crippen molar-refractivity contribution in [1.82, 2.24) is 9.88 Å². The van der Waals surface area contributed by atoms with E-state index >= 15 is 0 Å². The molecule has 1 amide bonds. The summed E-state index contributed by atoms with van der Waals surface area (Å²) in [6.45, 7) is 0.850. The van der Waals surface area contributed by atoms with Crippen molar-refractivity contribution < 1.29 is 13.9 Å². The Balaban J connectivity index is 1.80. The van der Waals surface area contributed by atoms with Crippen LogP contribution in [0.2, 0.25) is 10.0 Å². The first-order valence-corrected chi connectivity index (χ1v) is 10.00. The lowest BCUT2D eigenvalue weighted by molar-refractivity contribution is -0.120. The SMILES string of the molecule is CN(C)CCN(C(=O)COc1ccc(Cl)cc1Cl)c1nc2ccc(F)cc2s1. The van der Waals surface area contributed by atoms with E-state index in [0.717, 1.165) is 0 Å². The lowest BCUT2D eigenvalue weighted by atomic mass is 10.3. The summed E-state index contributed by atoms with van der Waals surface area (Å²) in [5, 5.41) is 1.31. The first kappa shape index (κ1) is 20.8. The average molecular weight is 442 g/mol. The molecule has 0 N–H and O–H groups in total. The van der Waals surface area contributed by atoms with Crippen LogP contribution in [0.5, 0.6) is 5.75 Å². The highest BCUT2D eigenvalue weighted by Crippen LogP contribution is 2.30. The van der Waals surface area contributed by atoms with Crippen LogP contribution in [0.25, 0.3) is 10.2 Å². The van der Waals surface area contributed by atoms with Gasteiger partial charge in [0.1, 0.15) is 11.6 Å². The van der Waals surface area contributed by atoms with Crippen molar-refractivity contribution in [2.45, 2.75) is 0 Å². The molecule has 0 fully saturated rings. The Morgan fingerprint density at radius 1 is 1.18 bits per heavy atom. The zero-order valence-electron chi connectivity index (χ0n) is 15.3. The predicted octanol–water partition coefficient (Wildman–Crippen LogP) is 4.72. The van der Waals surface area contributed by atoms with Gasteiger partial charge in [-0.3, -0.25) is 9.69 Å². The second-order valence-electron chi connectivity index (χ2n) is 6.32. The third-order valence-electron chi connectivity index (χ3n) is 3.89. The molecule has 0 saturated heterocycles. The van der Waals surface area contributed by atoms with E-state index in [2.05, 4.69) is 4.98 Å². The van der Waals surface area contributed by atoms with Gasteiger partial charge in [0.2, 0.25) is 0 Å². The van der Waals surface area contributed by atoms with Gasteiger partial charge in [0.15, 0.2) is 11.7 Å². The minimum absolute atomic E-state index is 0.209. The average Bonchev–Trinajstić information content (AvgIpc) is 3.03. The van der Waals surface area contributed by atoms with E-state index in [9.17, 15) is 9.18 Å². The third kappa shape index (κ3) is 5.11. The normalized spacial score (nSPS) is 11.2. The molecule has 3 aromatic rings. The molecule has 3 rings (SSSR count). The van der Waals surface area contributed by atoms with Crippen LogP contribution < -0.4 is 9.64 Å². The number of carbonyl (C=O) groups is 1. The molecule has 1 aromatic heterocycles. The minimum Gasteiger partial charge on any atom is -0.482 e. The summed E-state index contributed by atoms with van der Waals surface area (Å²) in [6, 6.07) is 9.17. The summed E-state index contributed by atoms with van der Waals surface area (Å²) in [5.74, 6) is -0.236. The molecule has 2 aromatic carbocycles. The Hall–Kier alpha value is -1.93. The van der Waals surface area contributed by atoms with E-state index in [1.165, 1.54) is 23.5 Å². The molecule has 5 nitrogen and oxygen atoms in total. The Morgan fingerprint density at radius 2 is 1.96 bits per heavy atom. The smallest absolute Gasteiger partial charge is 0.266 e. The van der Waals surface area contributed by atoms with Crippen molar-refractivity contribution in [3.8, 4) is 5.75 Å². The molecule has 1 heterocycles. The number of hydrogen-bond acceptors (Lipinski definition) is 5. The second-order valence-corrected chi connectivity index (χ2v) is 8.17. The number of carbonyl (C=O) groups excluding carboxylic acids is 1. The predicted molar refractivity (Wildman–Crippen MR) is 112 cm³/mol. The number of halogens is 3. The summed E-state index contributed by atoms with van der Waals surface area (Å²) < 4.78 is 19.7. The Kier molecular flexibility index (Phi) is 6.72. The first-order chi connectivity index (χ1) is 13.3. The van der Waals surface area contributed by atoms with Crippen LogP contribution in [-0.4, -0.2) is 49.6 Å². The summed E-state index contributed by atoms with van der Waals surface area (Å²) in [4.78, 5) is 20.8. The van der Waals surface area contributed by atoms with Crippen molar-refractivity contribution >= 4 is 55.8 Å². The molecule has 0 unspecified atom stereocenters. The number of fused-ring (bicyclic) bond motifs is 1. The third-order valence-corrected chi connectivity index (χ3v) is 5.46. The maximum atomic E-state index is 13.5. The van der Waals surface area contributed by atoms with Crippen molar-refractivity contribution in [1.29, 1.82) is 0 Å². The zero-order chi connectivity index (χ0) is 20.3. The van der Waals surface area contributed by atoms with E-state index in [-0.39, 0.29) is 18.3 Å². The fourth-order valence-corrected chi connectivity index (χ4v) is 3.94. The number of anilines is 1. The first-order valence-electron chi connectivity index (χ1n) is 8.42. The van der Waals surface area contributed by atoms with Crippen LogP contribution in [0.1, 0.15) is 0 Å². The minimum atomic E-state index is -0.338. The number of benzene rings is 2. The molecule has 0 bridgehead atoms. The van der Waals surface area contributed by atoms with Gasteiger partial charge in [-0.2, -0.15) is 0 Å². The molecule has 9 heteroatoms. The number of hydrogen-bond donors (Lipinski definition) is 0. The molecular formula is C19H18Cl2FN3O2S. The van der Waals surface area contributed by atoms with Crippen molar-refractivity contribution in [2.24, 2.45) is 0 Å². The highest BCUT2D eigenvalue weighted by atomic mass is 35.5. The molecule has 0 aliphatic heterocycles. The Bertz CT molecular complexity index is 996. The molecule has 0 aliphatic rings. The van der Waals surface area contributed by atoms with E-state index in [1.807, 2.05) is 19.0 Å². The monoisotopic (exact) mass is 441 g/mol. The largest absolute Gasteiger partial charge is 0.482 e. The molecule has 0 spiro atoms. The van der Waals surface area contributed by atoms with Crippen LogP contribution in [0.15, 0.2) is 36.4 Å². The molecule has 148 valence electrons. The molecule has 0 radical (unpaired) electrons. The van der Waals surface area contributed by atoms with Gasteiger partial charge >= 0.3 is 0 Å². The number of rotatable bonds is 7. The van der Waals surface area contributed by atoms with Gasteiger partial charge in [-0.1, -0.05) is 34.5 Å². The second kappa shape index (κ2) is 9.05. The highest BCUT2D eigenvalue weighted by Gasteiger charge is 2.21. The van der Waals surface area contributed by atoms with E-state index in [4.69, 9.17) is 27.9 Å². The summed E-state index contributed by atoms with van der Waals surface area (Å²) in [6.07, 6.45) is 0. The molecule has 0 aliphatic carbocycles. The van der Waals surface area contributed by atoms with Gasteiger partial charge in [0.05, 0.1) is 15.2 Å². The zero-order valence-corrected chi connectivity index (χ0v) is 17.6. The lowest BCUT2D eigenvalue weighted by Gasteiger charge is -2.22. The number of thiazole rings is 1. The fraction of sp³-hybridized carbons (Fsp3) is 0.263. The van der Waals surface area contributed by atoms with E-state index < -0.39 is 0 Å².